The molecule has 2 N–H and O–H groups in total. The minimum absolute atomic E-state index is 0.0678. The van der Waals surface area contributed by atoms with Gasteiger partial charge in [0.05, 0.1) is 11.6 Å². The number of aromatic nitrogens is 1. The normalized spacial score (nSPS) is 12.3. The lowest BCUT2D eigenvalue weighted by Gasteiger charge is -2.15. The Morgan fingerprint density at radius 3 is 2.67 bits per heavy atom. The fourth-order valence-electron chi connectivity index (χ4n) is 2.44. The second-order valence-electron chi connectivity index (χ2n) is 4.96. The Morgan fingerprint density at radius 2 is 1.86 bits per heavy atom. The number of nitrogens with one attached hydrogen (secondary N) is 2. The van der Waals surface area contributed by atoms with Crippen LogP contribution in [0.25, 0.3) is 10.9 Å². The Morgan fingerprint density at radius 1 is 1.14 bits per heavy atom. The maximum Gasteiger partial charge on any atom is 0.253 e. The van der Waals surface area contributed by atoms with Gasteiger partial charge >= 0.3 is 0 Å². The molecule has 4 heteroatoms. The highest BCUT2D eigenvalue weighted by Crippen LogP contribution is 2.24. The number of fused-ring (bicyclic) bond motifs is 1. The van der Waals surface area contributed by atoms with E-state index in [1.165, 1.54) is 0 Å². The van der Waals surface area contributed by atoms with Crippen molar-refractivity contribution in [3.05, 3.63) is 70.3 Å². The number of hydrogen-bond acceptors (Lipinski definition) is 1. The van der Waals surface area contributed by atoms with Gasteiger partial charge in [-0.05, 0) is 24.6 Å². The molecule has 1 amide bonds. The molecule has 3 nitrogen and oxygen atoms in total. The van der Waals surface area contributed by atoms with Crippen LogP contribution in [-0.4, -0.2) is 10.9 Å². The van der Waals surface area contributed by atoms with Crippen molar-refractivity contribution in [1.29, 1.82) is 0 Å². The first kappa shape index (κ1) is 13.9. The van der Waals surface area contributed by atoms with Gasteiger partial charge in [-0.25, -0.2) is 0 Å². The number of aromatic amines is 1. The third-order valence-corrected chi connectivity index (χ3v) is 4.28. The van der Waals surface area contributed by atoms with Gasteiger partial charge in [-0.3, -0.25) is 4.79 Å². The molecule has 2 aromatic carbocycles. The summed E-state index contributed by atoms with van der Waals surface area (Å²) in [6, 6.07) is 15.6. The highest BCUT2D eigenvalue weighted by molar-refractivity contribution is 9.10. The Kier molecular flexibility index (Phi) is 3.80. The second-order valence-corrected chi connectivity index (χ2v) is 5.82. The van der Waals surface area contributed by atoms with Crippen LogP contribution in [0.2, 0.25) is 0 Å². The fraction of sp³-hybridized carbons (Fsp3) is 0.118. The van der Waals surface area contributed by atoms with Crippen LogP contribution in [0.1, 0.15) is 28.9 Å². The lowest BCUT2D eigenvalue weighted by molar-refractivity contribution is 0.0941. The minimum Gasteiger partial charge on any atom is -0.360 e. The van der Waals surface area contributed by atoms with E-state index in [0.717, 1.165) is 20.9 Å². The van der Waals surface area contributed by atoms with Crippen molar-refractivity contribution < 1.29 is 4.79 Å². The smallest absolute Gasteiger partial charge is 0.253 e. The first-order valence-corrected chi connectivity index (χ1v) is 7.57. The van der Waals surface area contributed by atoms with Gasteiger partial charge in [0.1, 0.15) is 0 Å². The molecular formula is C17H15BrN2O. The molecule has 1 aromatic heterocycles. The lowest BCUT2D eigenvalue weighted by Crippen LogP contribution is -2.26. The molecule has 3 aromatic rings. The molecule has 106 valence electrons. The maximum atomic E-state index is 12.5. The van der Waals surface area contributed by atoms with E-state index >= 15 is 0 Å². The van der Waals surface area contributed by atoms with E-state index < -0.39 is 0 Å². The van der Waals surface area contributed by atoms with Crippen LogP contribution in [0.5, 0.6) is 0 Å². The average Bonchev–Trinajstić information content (AvgIpc) is 2.91. The van der Waals surface area contributed by atoms with Crippen molar-refractivity contribution in [3.8, 4) is 0 Å². The Hall–Kier alpha value is -2.07. The summed E-state index contributed by atoms with van der Waals surface area (Å²) in [5.74, 6) is -0.0734. The summed E-state index contributed by atoms with van der Waals surface area (Å²) >= 11 is 3.52. The van der Waals surface area contributed by atoms with Crippen molar-refractivity contribution in [3.63, 3.8) is 0 Å². The van der Waals surface area contributed by atoms with Crippen molar-refractivity contribution in [2.75, 3.05) is 0 Å². The number of para-hydroxylation sites is 1. The molecule has 0 aliphatic rings. The van der Waals surface area contributed by atoms with E-state index in [1.807, 2.05) is 55.5 Å². The average molecular weight is 343 g/mol. The summed E-state index contributed by atoms with van der Waals surface area (Å²) in [5, 5.41) is 3.98. The highest BCUT2D eigenvalue weighted by Gasteiger charge is 2.16. The van der Waals surface area contributed by atoms with Crippen LogP contribution < -0.4 is 5.32 Å². The zero-order valence-electron chi connectivity index (χ0n) is 11.6. The molecule has 1 unspecified atom stereocenters. The molecule has 1 heterocycles. The zero-order chi connectivity index (χ0) is 14.8. The minimum atomic E-state index is -0.0734. The molecule has 0 radical (unpaired) electrons. The maximum absolute atomic E-state index is 12.5. The summed E-state index contributed by atoms with van der Waals surface area (Å²) < 4.78 is 0.997. The van der Waals surface area contributed by atoms with Gasteiger partial charge in [0.15, 0.2) is 0 Å². The Balaban J connectivity index is 1.85. The van der Waals surface area contributed by atoms with Crippen molar-refractivity contribution in [2.45, 2.75) is 13.0 Å². The van der Waals surface area contributed by atoms with Gasteiger partial charge in [-0.2, -0.15) is 0 Å². The van der Waals surface area contributed by atoms with Crippen molar-refractivity contribution in [2.24, 2.45) is 0 Å². The van der Waals surface area contributed by atoms with Crippen LogP contribution in [0.15, 0.2) is 59.2 Å². The van der Waals surface area contributed by atoms with Gasteiger partial charge in [-0.15, -0.1) is 0 Å². The molecule has 0 saturated carbocycles. The lowest BCUT2D eigenvalue weighted by atomic mass is 10.1. The molecule has 1 atom stereocenters. The summed E-state index contributed by atoms with van der Waals surface area (Å²) in [5.41, 5.74) is 2.70. The van der Waals surface area contributed by atoms with E-state index in [1.54, 1.807) is 6.20 Å². The number of carbonyl (C=O) groups is 1. The molecule has 0 fully saturated rings. The number of rotatable bonds is 3. The van der Waals surface area contributed by atoms with Crippen molar-refractivity contribution in [1.82, 2.24) is 10.3 Å². The third-order valence-electron chi connectivity index (χ3n) is 3.55. The number of H-pyrrole nitrogens is 1. The predicted octanol–water partition coefficient (Wildman–Crippen LogP) is 4.42. The van der Waals surface area contributed by atoms with Crippen LogP contribution in [0.4, 0.5) is 0 Å². The molecule has 0 spiro atoms. The first-order valence-electron chi connectivity index (χ1n) is 6.78. The van der Waals surface area contributed by atoms with Gasteiger partial charge in [0, 0.05) is 21.6 Å². The second kappa shape index (κ2) is 5.74. The number of benzene rings is 2. The van der Waals surface area contributed by atoms with E-state index in [2.05, 4.69) is 26.2 Å². The van der Waals surface area contributed by atoms with E-state index in [0.29, 0.717) is 5.56 Å². The van der Waals surface area contributed by atoms with E-state index in [4.69, 9.17) is 0 Å². The predicted molar refractivity (Wildman–Crippen MR) is 88.3 cm³/mol. The number of halogens is 1. The Labute approximate surface area is 131 Å². The van der Waals surface area contributed by atoms with Gasteiger partial charge in [-0.1, -0.05) is 52.3 Å². The van der Waals surface area contributed by atoms with Gasteiger partial charge in [0.2, 0.25) is 0 Å². The van der Waals surface area contributed by atoms with E-state index in [9.17, 15) is 4.79 Å². The summed E-state index contributed by atoms with van der Waals surface area (Å²) in [7, 11) is 0. The summed E-state index contributed by atoms with van der Waals surface area (Å²) in [4.78, 5) is 15.6. The van der Waals surface area contributed by atoms with Crippen LogP contribution in [0, 0.1) is 0 Å². The van der Waals surface area contributed by atoms with Crippen LogP contribution in [-0.2, 0) is 0 Å². The standard InChI is InChI=1S/C17H15BrN2O/c1-11(12-6-2-4-8-15(12)18)20-17(21)14-10-19-16-9-5-3-7-13(14)16/h2-11,19H,1H3,(H,20,21). The molecule has 3 rings (SSSR count). The molecule has 0 saturated heterocycles. The SMILES string of the molecule is CC(NC(=O)c1c[nH]c2ccccc12)c1ccccc1Br. The zero-order valence-corrected chi connectivity index (χ0v) is 13.1. The highest BCUT2D eigenvalue weighted by atomic mass is 79.9. The quantitative estimate of drug-likeness (QED) is 0.726. The van der Waals surface area contributed by atoms with Crippen LogP contribution >= 0.6 is 15.9 Å². The summed E-state index contributed by atoms with van der Waals surface area (Å²) in [6.45, 7) is 1.98. The van der Waals surface area contributed by atoms with Gasteiger partial charge < -0.3 is 10.3 Å². The fourth-order valence-corrected chi connectivity index (χ4v) is 3.07. The molecule has 0 aliphatic heterocycles. The molecular weight excluding hydrogens is 328 g/mol. The van der Waals surface area contributed by atoms with Crippen molar-refractivity contribution >= 4 is 32.7 Å². The molecule has 0 aliphatic carbocycles. The largest absolute Gasteiger partial charge is 0.360 e. The van der Waals surface area contributed by atoms with Crippen LogP contribution in [0.3, 0.4) is 0 Å². The number of amides is 1. The van der Waals surface area contributed by atoms with E-state index in [-0.39, 0.29) is 11.9 Å². The molecule has 0 bridgehead atoms. The monoisotopic (exact) mass is 342 g/mol. The summed E-state index contributed by atoms with van der Waals surface area (Å²) in [6.07, 6.45) is 1.76. The molecule has 21 heavy (non-hydrogen) atoms. The number of hydrogen-bond donors (Lipinski definition) is 2. The first-order chi connectivity index (χ1) is 10.2. The topological polar surface area (TPSA) is 44.9 Å². The third kappa shape index (κ3) is 2.72. The number of carbonyl (C=O) groups excluding carboxylic acids is 1. The Bertz CT molecular complexity index is 794. The van der Waals surface area contributed by atoms with Gasteiger partial charge in [0.25, 0.3) is 5.91 Å².